The van der Waals surface area contributed by atoms with Gasteiger partial charge in [0.15, 0.2) is 0 Å². The van der Waals surface area contributed by atoms with Crippen LogP contribution < -0.4 is 16.5 Å². The monoisotopic (exact) mass is 683 g/mol. The molecule has 7 atom stereocenters. The molecule has 0 saturated heterocycles. The number of rotatable bonds is 18. The maximum atomic E-state index is 14.4. The maximum absolute atomic E-state index is 14.4. The molecule has 0 aliphatic heterocycles. The summed E-state index contributed by atoms with van der Waals surface area (Å²) in [4.78, 5) is 54.9. The maximum Gasteiger partial charge on any atom is 0.237 e. The third kappa shape index (κ3) is 12.5. The second kappa shape index (κ2) is 20.4. The van der Waals surface area contributed by atoms with Gasteiger partial charge in [-0.1, -0.05) is 46.5 Å². The SMILES string of the molecule is CCCCN(CC(O)C(CC1CC(F)CC(F)C1)NC(=O)C1CC(C(N)=O)CC(C(=O)N(CCC)CCC)C1)NC(=O)C1CCCCC1. The van der Waals surface area contributed by atoms with E-state index in [0.717, 1.165) is 57.8 Å². The number of alkyl halides is 2. The molecule has 3 aliphatic rings. The van der Waals surface area contributed by atoms with E-state index in [1.807, 2.05) is 20.8 Å². The number of nitrogens with one attached hydrogen (secondary N) is 2. The molecule has 0 aromatic heterocycles. The number of carbonyl (C=O) groups excluding carboxylic acids is 4. The highest BCUT2D eigenvalue weighted by Crippen LogP contribution is 2.36. The van der Waals surface area contributed by atoms with Gasteiger partial charge in [-0.25, -0.2) is 13.8 Å². The fourth-order valence-electron chi connectivity index (χ4n) is 8.06. The Kier molecular flexibility index (Phi) is 17.0. The molecule has 48 heavy (non-hydrogen) atoms. The summed E-state index contributed by atoms with van der Waals surface area (Å²) in [7, 11) is 0. The van der Waals surface area contributed by atoms with Gasteiger partial charge < -0.3 is 21.1 Å². The summed E-state index contributed by atoms with van der Waals surface area (Å²) >= 11 is 0. The summed E-state index contributed by atoms with van der Waals surface area (Å²) in [5.41, 5.74) is 8.74. The third-order valence-electron chi connectivity index (χ3n) is 10.6. The van der Waals surface area contributed by atoms with Crippen LogP contribution in [0.5, 0.6) is 0 Å². The molecule has 0 spiro atoms. The van der Waals surface area contributed by atoms with Gasteiger partial charge in [-0.15, -0.1) is 0 Å². The van der Waals surface area contributed by atoms with Gasteiger partial charge in [0.1, 0.15) is 12.3 Å². The highest BCUT2D eigenvalue weighted by Gasteiger charge is 2.41. The zero-order valence-corrected chi connectivity index (χ0v) is 29.6. The van der Waals surface area contributed by atoms with E-state index in [0.29, 0.717) is 26.1 Å². The summed E-state index contributed by atoms with van der Waals surface area (Å²) < 4.78 is 28.9. The van der Waals surface area contributed by atoms with Crippen molar-refractivity contribution < 1.29 is 33.1 Å². The Labute approximate surface area is 286 Å². The number of halogens is 2. The van der Waals surface area contributed by atoms with E-state index in [-0.39, 0.29) is 68.7 Å². The first kappa shape index (κ1) is 40.1. The van der Waals surface area contributed by atoms with Crippen LogP contribution in [0.1, 0.15) is 124 Å². The minimum Gasteiger partial charge on any atom is -0.390 e. The van der Waals surface area contributed by atoms with Crippen LogP contribution >= 0.6 is 0 Å². The van der Waals surface area contributed by atoms with Gasteiger partial charge in [0.2, 0.25) is 23.6 Å². The number of carbonyl (C=O) groups is 4. The van der Waals surface area contributed by atoms with Crippen molar-refractivity contribution in [2.45, 2.75) is 148 Å². The third-order valence-corrected chi connectivity index (χ3v) is 10.6. The normalized spacial score (nSPS) is 28.0. The highest BCUT2D eigenvalue weighted by molar-refractivity contribution is 5.85. The Morgan fingerprint density at radius 2 is 1.38 bits per heavy atom. The quantitative estimate of drug-likeness (QED) is 0.156. The summed E-state index contributed by atoms with van der Waals surface area (Å²) in [5.74, 6) is -3.44. The number of primary amides is 1. The molecule has 276 valence electrons. The molecule has 0 bridgehead atoms. The van der Waals surface area contributed by atoms with E-state index in [1.54, 1.807) is 9.91 Å². The Morgan fingerprint density at radius 3 is 1.96 bits per heavy atom. The summed E-state index contributed by atoms with van der Waals surface area (Å²) in [5, 5.41) is 16.4. The average Bonchev–Trinajstić information content (AvgIpc) is 3.06. The van der Waals surface area contributed by atoms with Gasteiger partial charge in [0.25, 0.3) is 0 Å². The van der Waals surface area contributed by atoms with E-state index >= 15 is 0 Å². The number of aliphatic hydroxyl groups is 1. The van der Waals surface area contributed by atoms with Crippen molar-refractivity contribution in [3.63, 3.8) is 0 Å². The van der Waals surface area contributed by atoms with Crippen LogP contribution in [-0.2, 0) is 19.2 Å². The van der Waals surface area contributed by atoms with Crippen molar-refractivity contribution in [2.75, 3.05) is 26.2 Å². The van der Waals surface area contributed by atoms with Crippen molar-refractivity contribution in [1.82, 2.24) is 20.7 Å². The predicted octanol–water partition coefficient (Wildman–Crippen LogP) is 4.58. The molecule has 0 heterocycles. The zero-order chi connectivity index (χ0) is 35.2. The Hall–Kier alpha value is -2.34. The van der Waals surface area contributed by atoms with E-state index in [1.165, 1.54) is 0 Å². The van der Waals surface area contributed by atoms with Crippen molar-refractivity contribution in [3.05, 3.63) is 0 Å². The molecule has 7 unspecified atom stereocenters. The first-order valence-electron chi connectivity index (χ1n) is 18.9. The number of nitrogens with zero attached hydrogens (tertiary/aromatic N) is 2. The first-order chi connectivity index (χ1) is 22.9. The lowest BCUT2D eigenvalue weighted by Crippen LogP contribution is -2.55. The van der Waals surface area contributed by atoms with Crippen LogP contribution in [0, 0.1) is 29.6 Å². The van der Waals surface area contributed by atoms with Gasteiger partial charge >= 0.3 is 0 Å². The molecule has 12 heteroatoms. The van der Waals surface area contributed by atoms with E-state index in [4.69, 9.17) is 5.73 Å². The van der Waals surface area contributed by atoms with Crippen molar-refractivity contribution in [2.24, 2.45) is 35.3 Å². The summed E-state index contributed by atoms with van der Waals surface area (Å²) in [6.45, 7) is 7.76. The molecular formula is C36H63F2N5O5. The standard InChI is InChI=1S/C36H63F2N5O5/c1-4-7-15-43(41-35(47)25-11-9-8-10-12-25)23-32(44)31(18-24-16-29(37)22-30(38)17-24)40-34(46)27-19-26(33(39)45)20-28(21-27)36(48)42(13-5-2)14-6-3/h24-32,44H,4-23H2,1-3H3,(H2,39,45)(H,40,46)(H,41,47). The molecule has 0 aromatic carbocycles. The fraction of sp³-hybridized carbons (Fsp3) is 0.889. The number of hydrogen-bond donors (Lipinski definition) is 4. The van der Waals surface area contributed by atoms with Gasteiger partial charge in [-0.3, -0.25) is 24.6 Å². The van der Waals surface area contributed by atoms with Gasteiger partial charge in [0, 0.05) is 56.3 Å². The number of unbranched alkanes of at least 4 members (excludes halogenated alkanes) is 1. The molecule has 0 radical (unpaired) electrons. The molecule has 3 rings (SSSR count). The van der Waals surface area contributed by atoms with Crippen LogP contribution in [0.15, 0.2) is 0 Å². The van der Waals surface area contributed by atoms with E-state index < -0.39 is 54.1 Å². The van der Waals surface area contributed by atoms with Crippen LogP contribution in [0.4, 0.5) is 8.78 Å². The fourth-order valence-corrected chi connectivity index (χ4v) is 8.06. The van der Waals surface area contributed by atoms with Crippen molar-refractivity contribution in [3.8, 4) is 0 Å². The lowest BCUT2D eigenvalue weighted by atomic mass is 9.73. The zero-order valence-electron chi connectivity index (χ0n) is 29.6. The molecule has 3 fully saturated rings. The van der Waals surface area contributed by atoms with Gasteiger partial charge in [-0.05, 0) is 76.5 Å². The summed E-state index contributed by atoms with van der Waals surface area (Å²) in [6.07, 6.45) is 5.35. The second-order valence-corrected chi connectivity index (χ2v) is 14.8. The predicted molar refractivity (Wildman–Crippen MR) is 182 cm³/mol. The summed E-state index contributed by atoms with van der Waals surface area (Å²) in [6, 6.07) is -0.851. The van der Waals surface area contributed by atoms with Crippen LogP contribution in [0.3, 0.4) is 0 Å². The first-order valence-corrected chi connectivity index (χ1v) is 18.9. The smallest absolute Gasteiger partial charge is 0.237 e. The Bertz CT molecular complexity index is 1010. The molecule has 10 nitrogen and oxygen atoms in total. The number of aliphatic hydroxyl groups excluding tert-OH is 1. The molecule has 5 N–H and O–H groups in total. The number of hydrazine groups is 1. The van der Waals surface area contributed by atoms with Gasteiger partial charge in [0.05, 0.1) is 12.1 Å². The van der Waals surface area contributed by atoms with Gasteiger partial charge in [-0.2, -0.15) is 0 Å². The van der Waals surface area contributed by atoms with Crippen LogP contribution in [0.2, 0.25) is 0 Å². The highest BCUT2D eigenvalue weighted by atomic mass is 19.1. The number of hydrogen-bond acceptors (Lipinski definition) is 6. The number of nitrogens with two attached hydrogens (primary N) is 1. The molecule has 3 saturated carbocycles. The van der Waals surface area contributed by atoms with Crippen LogP contribution in [0.25, 0.3) is 0 Å². The lowest BCUT2D eigenvalue weighted by Gasteiger charge is -2.38. The minimum absolute atomic E-state index is 0.0346. The minimum atomic E-state index is -1.29. The Balaban J connectivity index is 1.79. The van der Waals surface area contributed by atoms with E-state index in [2.05, 4.69) is 10.7 Å². The molecule has 0 aromatic rings. The molecule has 3 aliphatic carbocycles. The van der Waals surface area contributed by atoms with E-state index in [9.17, 15) is 33.1 Å². The largest absolute Gasteiger partial charge is 0.390 e. The van der Waals surface area contributed by atoms with Crippen molar-refractivity contribution >= 4 is 23.6 Å². The molecule has 4 amide bonds. The van der Waals surface area contributed by atoms with Crippen LogP contribution in [-0.4, -0.2) is 89.3 Å². The Morgan fingerprint density at radius 1 is 0.771 bits per heavy atom. The lowest BCUT2D eigenvalue weighted by molar-refractivity contribution is -0.141. The molecular weight excluding hydrogens is 620 g/mol. The average molecular weight is 684 g/mol. The second-order valence-electron chi connectivity index (χ2n) is 14.8. The topological polar surface area (TPSA) is 145 Å². The number of amides is 4. The van der Waals surface area contributed by atoms with Crippen molar-refractivity contribution in [1.29, 1.82) is 0 Å².